The molecular formula is C11H23Br. The molecule has 0 N–H and O–H groups in total. The van der Waals surface area contributed by atoms with Crippen LogP contribution in [-0.2, 0) is 0 Å². The minimum atomic E-state index is 0.682. The maximum atomic E-state index is 3.60. The van der Waals surface area contributed by atoms with Gasteiger partial charge in [-0.15, -0.1) is 0 Å². The van der Waals surface area contributed by atoms with E-state index in [1.165, 1.54) is 25.7 Å². The van der Waals surface area contributed by atoms with E-state index in [1.54, 1.807) is 0 Å². The second-order valence-electron chi connectivity index (χ2n) is 4.25. The Kier molecular flexibility index (Phi) is 7.22. The van der Waals surface area contributed by atoms with Gasteiger partial charge in [-0.1, -0.05) is 56.5 Å². The van der Waals surface area contributed by atoms with Crippen molar-refractivity contribution in [2.45, 2.75) is 58.2 Å². The van der Waals surface area contributed by atoms with Gasteiger partial charge in [0.15, 0.2) is 0 Å². The molecule has 0 aromatic carbocycles. The summed E-state index contributed by atoms with van der Waals surface area (Å²) in [6.07, 6.45) is 5.43. The Morgan fingerprint density at radius 2 is 1.58 bits per heavy atom. The molecule has 0 amide bonds. The van der Waals surface area contributed by atoms with Crippen LogP contribution in [0.15, 0.2) is 0 Å². The van der Waals surface area contributed by atoms with Crippen LogP contribution >= 0.6 is 15.9 Å². The molecule has 74 valence electrons. The average molecular weight is 235 g/mol. The minimum Gasteiger partial charge on any atom is -0.0894 e. The quantitative estimate of drug-likeness (QED) is 0.589. The number of hydrogen-bond acceptors (Lipinski definition) is 0. The first kappa shape index (κ1) is 12.5. The second-order valence-corrected chi connectivity index (χ2v) is 5.81. The molecule has 3 unspecified atom stereocenters. The third-order valence-electron chi connectivity index (χ3n) is 2.31. The lowest BCUT2D eigenvalue weighted by Gasteiger charge is -2.17. The van der Waals surface area contributed by atoms with Gasteiger partial charge in [-0.25, -0.2) is 0 Å². The molecule has 0 rings (SSSR count). The molecule has 0 spiro atoms. The summed E-state index contributed by atoms with van der Waals surface area (Å²) in [5.41, 5.74) is 0. The van der Waals surface area contributed by atoms with Crippen LogP contribution in [0.3, 0.4) is 0 Å². The largest absolute Gasteiger partial charge is 0.0894 e. The van der Waals surface area contributed by atoms with Crippen molar-refractivity contribution in [1.82, 2.24) is 0 Å². The van der Waals surface area contributed by atoms with Crippen molar-refractivity contribution < 1.29 is 0 Å². The summed E-state index contributed by atoms with van der Waals surface area (Å²) < 4.78 is 0. The maximum absolute atomic E-state index is 3.60. The third kappa shape index (κ3) is 7.15. The Hall–Kier alpha value is 0.480. The fourth-order valence-corrected chi connectivity index (χ4v) is 2.59. The maximum Gasteiger partial charge on any atom is 0.0120 e. The van der Waals surface area contributed by atoms with Gasteiger partial charge in [-0.05, 0) is 24.7 Å². The smallest absolute Gasteiger partial charge is 0.0120 e. The van der Waals surface area contributed by atoms with Gasteiger partial charge in [0.25, 0.3) is 0 Å². The molecule has 0 bridgehead atoms. The average Bonchev–Trinajstić information content (AvgIpc) is 1.84. The Morgan fingerprint density at radius 1 is 1.00 bits per heavy atom. The summed E-state index contributed by atoms with van der Waals surface area (Å²) in [4.78, 5) is 0.682. The summed E-state index contributed by atoms with van der Waals surface area (Å²) in [7, 11) is 0. The Morgan fingerprint density at radius 3 is 2.00 bits per heavy atom. The van der Waals surface area contributed by atoms with Crippen molar-refractivity contribution in [2.24, 2.45) is 11.8 Å². The van der Waals surface area contributed by atoms with Crippen molar-refractivity contribution in [3.8, 4) is 0 Å². The molecular weight excluding hydrogens is 212 g/mol. The van der Waals surface area contributed by atoms with E-state index < -0.39 is 0 Å². The molecule has 12 heavy (non-hydrogen) atoms. The van der Waals surface area contributed by atoms with Crippen LogP contribution in [0.2, 0.25) is 0 Å². The Labute approximate surface area is 86.3 Å². The highest BCUT2D eigenvalue weighted by Gasteiger charge is 2.09. The highest BCUT2D eigenvalue weighted by molar-refractivity contribution is 9.09. The lowest BCUT2D eigenvalue weighted by molar-refractivity contribution is 0.376. The van der Waals surface area contributed by atoms with Crippen molar-refractivity contribution in [3.05, 3.63) is 0 Å². The van der Waals surface area contributed by atoms with Gasteiger partial charge in [-0.2, -0.15) is 0 Å². The first-order valence-electron chi connectivity index (χ1n) is 5.20. The molecule has 3 atom stereocenters. The monoisotopic (exact) mass is 234 g/mol. The van der Waals surface area contributed by atoms with E-state index in [9.17, 15) is 0 Å². The van der Waals surface area contributed by atoms with E-state index in [0.717, 1.165) is 11.8 Å². The molecule has 0 aromatic heterocycles. The zero-order chi connectivity index (χ0) is 9.56. The number of rotatable bonds is 6. The summed E-state index contributed by atoms with van der Waals surface area (Å²) in [6, 6.07) is 0. The van der Waals surface area contributed by atoms with Crippen LogP contribution in [0.1, 0.15) is 53.4 Å². The van der Waals surface area contributed by atoms with Crippen molar-refractivity contribution in [3.63, 3.8) is 0 Å². The SMILES string of the molecule is CCCC(C)CC(C)CC(C)Br. The van der Waals surface area contributed by atoms with Crippen LogP contribution in [-0.4, -0.2) is 4.83 Å². The van der Waals surface area contributed by atoms with Gasteiger partial charge >= 0.3 is 0 Å². The summed E-state index contributed by atoms with van der Waals surface area (Å²) >= 11 is 3.60. The van der Waals surface area contributed by atoms with E-state index >= 15 is 0 Å². The van der Waals surface area contributed by atoms with Crippen LogP contribution < -0.4 is 0 Å². The predicted octanol–water partition coefficient (Wildman–Crippen LogP) is 4.62. The molecule has 0 aliphatic heterocycles. The summed E-state index contributed by atoms with van der Waals surface area (Å²) in [5, 5.41) is 0. The lowest BCUT2D eigenvalue weighted by atomic mass is 9.91. The van der Waals surface area contributed by atoms with Gasteiger partial charge in [0.05, 0.1) is 0 Å². The fourth-order valence-electron chi connectivity index (χ4n) is 1.95. The molecule has 0 aromatic rings. The van der Waals surface area contributed by atoms with Crippen molar-refractivity contribution in [1.29, 1.82) is 0 Å². The van der Waals surface area contributed by atoms with E-state index in [1.807, 2.05) is 0 Å². The highest BCUT2D eigenvalue weighted by Crippen LogP contribution is 2.22. The topological polar surface area (TPSA) is 0 Å². The van der Waals surface area contributed by atoms with Crippen molar-refractivity contribution in [2.75, 3.05) is 0 Å². The molecule has 0 heterocycles. The molecule has 0 nitrogen and oxygen atoms in total. The van der Waals surface area contributed by atoms with Crippen LogP contribution in [0.5, 0.6) is 0 Å². The summed E-state index contributed by atoms with van der Waals surface area (Å²) in [5.74, 6) is 1.79. The van der Waals surface area contributed by atoms with Gasteiger partial charge < -0.3 is 0 Å². The number of alkyl halides is 1. The number of halogens is 1. The predicted molar refractivity (Wildman–Crippen MR) is 60.9 cm³/mol. The van der Waals surface area contributed by atoms with E-state index in [2.05, 4.69) is 43.6 Å². The van der Waals surface area contributed by atoms with E-state index in [-0.39, 0.29) is 0 Å². The van der Waals surface area contributed by atoms with Gasteiger partial charge in [0, 0.05) is 4.83 Å². The molecule has 0 saturated carbocycles. The van der Waals surface area contributed by atoms with Crippen LogP contribution in [0.4, 0.5) is 0 Å². The molecule has 0 aliphatic rings. The first-order valence-corrected chi connectivity index (χ1v) is 6.11. The first-order chi connectivity index (χ1) is 5.56. The normalized spacial score (nSPS) is 18.8. The Balaban J connectivity index is 3.46. The van der Waals surface area contributed by atoms with E-state index in [0.29, 0.717) is 4.83 Å². The molecule has 0 saturated heterocycles. The molecule has 0 radical (unpaired) electrons. The molecule has 0 fully saturated rings. The van der Waals surface area contributed by atoms with Gasteiger partial charge in [0.1, 0.15) is 0 Å². The van der Waals surface area contributed by atoms with Crippen LogP contribution in [0.25, 0.3) is 0 Å². The van der Waals surface area contributed by atoms with Gasteiger partial charge in [-0.3, -0.25) is 0 Å². The van der Waals surface area contributed by atoms with Crippen LogP contribution in [0, 0.1) is 11.8 Å². The molecule has 0 aliphatic carbocycles. The third-order valence-corrected chi connectivity index (χ3v) is 2.69. The minimum absolute atomic E-state index is 0.682. The zero-order valence-electron chi connectivity index (χ0n) is 8.94. The highest BCUT2D eigenvalue weighted by atomic mass is 79.9. The standard InChI is InChI=1S/C11H23Br/c1-5-6-9(2)7-10(3)8-11(4)12/h9-11H,5-8H2,1-4H3. The van der Waals surface area contributed by atoms with Gasteiger partial charge in [0.2, 0.25) is 0 Å². The van der Waals surface area contributed by atoms with E-state index in [4.69, 9.17) is 0 Å². The zero-order valence-corrected chi connectivity index (χ0v) is 10.5. The fraction of sp³-hybridized carbons (Fsp3) is 1.00. The van der Waals surface area contributed by atoms with Crippen molar-refractivity contribution >= 4 is 15.9 Å². The summed E-state index contributed by atoms with van der Waals surface area (Å²) in [6.45, 7) is 9.25. The Bertz CT molecular complexity index is 99.2. The lowest BCUT2D eigenvalue weighted by Crippen LogP contribution is -2.06. The second kappa shape index (κ2) is 6.94. The number of hydrogen-bond donors (Lipinski definition) is 0. The molecule has 1 heteroatoms.